The Morgan fingerprint density at radius 2 is 2.05 bits per heavy atom. The second-order valence-electron chi connectivity index (χ2n) is 3.86. The molecule has 3 rings (SSSR count). The van der Waals surface area contributed by atoms with E-state index >= 15 is 0 Å². The maximum atomic E-state index is 13.8. The number of rotatable bonds is 1. The van der Waals surface area contributed by atoms with Crippen molar-refractivity contribution in [3.05, 3.63) is 38.8 Å². The fraction of sp³-hybridized carbons (Fsp3) is 0. The molecular weight excluding hydrogens is 317 g/mol. The summed E-state index contributed by atoms with van der Waals surface area (Å²) in [6, 6.07) is 4.54. The molecule has 19 heavy (non-hydrogen) atoms. The highest BCUT2D eigenvalue weighted by molar-refractivity contribution is 9.10. The van der Waals surface area contributed by atoms with Gasteiger partial charge in [-0.2, -0.15) is 4.98 Å². The van der Waals surface area contributed by atoms with Gasteiger partial charge < -0.3 is 10.7 Å². The van der Waals surface area contributed by atoms with E-state index in [0.717, 1.165) is 0 Å². The fourth-order valence-corrected chi connectivity index (χ4v) is 2.07. The average molecular weight is 324 g/mol. The van der Waals surface area contributed by atoms with Crippen LogP contribution in [0.5, 0.6) is 0 Å². The number of nitrogens with zero attached hydrogens (tertiary/aromatic N) is 2. The van der Waals surface area contributed by atoms with Crippen LogP contribution in [-0.4, -0.2) is 19.9 Å². The van der Waals surface area contributed by atoms with Gasteiger partial charge in [0.15, 0.2) is 11.2 Å². The smallest absolute Gasteiger partial charge is 0.278 e. The molecule has 0 atom stereocenters. The highest BCUT2D eigenvalue weighted by atomic mass is 79.9. The first-order valence-corrected chi connectivity index (χ1v) is 6.05. The third-order valence-corrected chi connectivity index (χ3v) is 3.06. The molecule has 2 aromatic heterocycles. The zero-order valence-corrected chi connectivity index (χ0v) is 11.0. The van der Waals surface area contributed by atoms with Gasteiger partial charge in [-0.1, -0.05) is 15.9 Å². The summed E-state index contributed by atoms with van der Waals surface area (Å²) in [6.07, 6.45) is 0. The molecule has 0 saturated heterocycles. The third-order valence-electron chi connectivity index (χ3n) is 2.57. The van der Waals surface area contributed by atoms with E-state index in [2.05, 4.69) is 35.9 Å². The molecule has 2 heterocycles. The van der Waals surface area contributed by atoms with Crippen LogP contribution in [0.15, 0.2) is 27.5 Å². The van der Waals surface area contributed by atoms with E-state index in [1.807, 2.05) is 0 Å². The van der Waals surface area contributed by atoms with Crippen LogP contribution >= 0.6 is 15.9 Å². The van der Waals surface area contributed by atoms with E-state index in [-0.39, 0.29) is 28.5 Å². The van der Waals surface area contributed by atoms with Crippen molar-refractivity contribution in [3.8, 4) is 11.4 Å². The van der Waals surface area contributed by atoms with Gasteiger partial charge in [0.25, 0.3) is 5.56 Å². The Kier molecular flexibility index (Phi) is 2.59. The lowest BCUT2D eigenvalue weighted by Crippen LogP contribution is -2.10. The van der Waals surface area contributed by atoms with Gasteiger partial charge in [-0.05, 0) is 18.2 Å². The van der Waals surface area contributed by atoms with Gasteiger partial charge in [-0.15, -0.1) is 0 Å². The number of imidazole rings is 1. The number of anilines is 1. The number of aromatic nitrogens is 4. The van der Waals surface area contributed by atoms with Crippen LogP contribution < -0.4 is 11.3 Å². The first-order valence-electron chi connectivity index (χ1n) is 5.25. The van der Waals surface area contributed by atoms with E-state index < -0.39 is 11.4 Å². The van der Waals surface area contributed by atoms with E-state index in [4.69, 9.17) is 5.73 Å². The number of halogens is 2. The number of hydrogen-bond donors (Lipinski definition) is 3. The van der Waals surface area contributed by atoms with E-state index in [1.165, 1.54) is 6.07 Å². The van der Waals surface area contributed by atoms with Gasteiger partial charge in [0.05, 0.1) is 5.56 Å². The second-order valence-corrected chi connectivity index (χ2v) is 4.78. The second kappa shape index (κ2) is 4.16. The molecule has 1 aromatic carbocycles. The maximum absolute atomic E-state index is 13.8. The van der Waals surface area contributed by atoms with Gasteiger partial charge in [-0.25, -0.2) is 9.37 Å². The van der Waals surface area contributed by atoms with Gasteiger partial charge in [0.1, 0.15) is 11.6 Å². The quantitative estimate of drug-likeness (QED) is 0.635. The van der Waals surface area contributed by atoms with Crippen molar-refractivity contribution < 1.29 is 4.39 Å². The normalized spacial score (nSPS) is 11.1. The Labute approximate surface area is 114 Å². The predicted molar refractivity (Wildman–Crippen MR) is 72.0 cm³/mol. The lowest BCUT2D eigenvalue weighted by molar-refractivity contribution is 0.629. The topological polar surface area (TPSA) is 100 Å². The summed E-state index contributed by atoms with van der Waals surface area (Å²) in [5.74, 6) is -0.270. The highest BCUT2D eigenvalue weighted by Gasteiger charge is 2.13. The van der Waals surface area contributed by atoms with E-state index in [1.54, 1.807) is 12.1 Å². The lowest BCUT2D eigenvalue weighted by atomic mass is 10.2. The van der Waals surface area contributed by atoms with Crippen molar-refractivity contribution in [3.63, 3.8) is 0 Å². The number of hydrogen-bond acceptors (Lipinski definition) is 4. The summed E-state index contributed by atoms with van der Waals surface area (Å²) in [5, 5.41) is 0. The van der Waals surface area contributed by atoms with Crippen LogP contribution in [0.25, 0.3) is 22.6 Å². The zero-order valence-electron chi connectivity index (χ0n) is 9.37. The van der Waals surface area contributed by atoms with E-state index in [9.17, 15) is 9.18 Å². The van der Waals surface area contributed by atoms with Crippen molar-refractivity contribution in [2.24, 2.45) is 0 Å². The molecule has 4 N–H and O–H groups in total. The summed E-state index contributed by atoms with van der Waals surface area (Å²) in [7, 11) is 0. The molecule has 0 aliphatic carbocycles. The summed E-state index contributed by atoms with van der Waals surface area (Å²) >= 11 is 3.17. The summed E-state index contributed by atoms with van der Waals surface area (Å²) < 4.78 is 14.4. The number of fused-ring (bicyclic) bond motifs is 1. The molecule has 0 unspecified atom stereocenters. The molecule has 0 radical (unpaired) electrons. The van der Waals surface area contributed by atoms with Crippen LogP contribution in [0.3, 0.4) is 0 Å². The Morgan fingerprint density at radius 3 is 2.79 bits per heavy atom. The Balaban J connectivity index is 2.26. The van der Waals surface area contributed by atoms with Crippen molar-refractivity contribution in [2.75, 3.05) is 5.73 Å². The number of aromatic amines is 2. The predicted octanol–water partition coefficient (Wildman–Crippen LogP) is 1.80. The number of nitrogens with two attached hydrogens (primary N) is 1. The molecular formula is C11H7BrFN5O. The Hall–Kier alpha value is -2.22. The maximum Gasteiger partial charge on any atom is 0.278 e. The van der Waals surface area contributed by atoms with Crippen LogP contribution in [0, 0.1) is 5.82 Å². The number of H-pyrrole nitrogens is 2. The van der Waals surface area contributed by atoms with Gasteiger partial charge in [0.2, 0.25) is 5.95 Å². The van der Waals surface area contributed by atoms with Crippen molar-refractivity contribution in [1.29, 1.82) is 0 Å². The largest absolute Gasteiger partial charge is 0.369 e. The first-order chi connectivity index (χ1) is 9.04. The van der Waals surface area contributed by atoms with Crippen molar-refractivity contribution in [2.45, 2.75) is 0 Å². The minimum atomic E-state index is -0.460. The first kappa shape index (κ1) is 11.8. The van der Waals surface area contributed by atoms with Crippen LogP contribution in [0.2, 0.25) is 0 Å². The molecule has 0 aliphatic heterocycles. The highest BCUT2D eigenvalue weighted by Crippen LogP contribution is 2.24. The molecule has 96 valence electrons. The monoisotopic (exact) mass is 323 g/mol. The Bertz CT molecular complexity index is 841. The van der Waals surface area contributed by atoms with Gasteiger partial charge >= 0.3 is 0 Å². The molecule has 8 heteroatoms. The standard InChI is InChI=1S/C11H7BrFN5O/c12-4-1-2-5(6(13)3-4)8-15-7-9(16-8)17-11(14)18-10(7)19/h1-3H,(H4,14,15,16,17,18,19). The van der Waals surface area contributed by atoms with Crippen molar-refractivity contribution in [1.82, 2.24) is 19.9 Å². The molecule has 3 aromatic rings. The lowest BCUT2D eigenvalue weighted by Gasteiger charge is -1.99. The fourth-order valence-electron chi connectivity index (χ4n) is 1.73. The third kappa shape index (κ3) is 1.99. The molecule has 0 spiro atoms. The number of benzene rings is 1. The summed E-state index contributed by atoms with van der Waals surface area (Å²) in [6.45, 7) is 0. The molecule has 0 saturated carbocycles. The van der Waals surface area contributed by atoms with Crippen LogP contribution in [0.4, 0.5) is 10.3 Å². The van der Waals surface area contributed by atoms with E-state index in [0.29, 0.717) is 4.47 Å². The number of nitrogens with one attached hydrogen (secondary N) is 2. The van der Waals surface area contributed by atoms with Crippen LogP contribution in [0.1, 0.15) is 0 Å². The summed E-state index contributed by atoms with van der Waals surface area (Å²) in [5.41, 5.74) is 5.54. The SMILES string of the molecule is Nc1nc2nc(-c3ccc(Br)cc3F)[nH]c2c(=O)[nH]1. The minimum absolute atomic E-state index is 0.0353. The molecule has 0 aliphatic rings. The van der Waals surface area contributed by atoms with Crippen LogP contribution in [-0.2, 0) is 0 Å². The summed E-state index contributed by atoms with van der Waals surface area (Å²) in [4.78, 5) is 24.7. The average Bonchev–Trinajstić information content (AvgIpc) is 2.72. The minimum Gasteiger partial charge on any atom is -0.369 e. The van der Waals surface area contributed by atoms with Crippen molar-refractivity contribution >= 4 is 33.0 Å². The molecule has 0 fully saturated rings. The van der Waals surface area contributed by atoms with Gasteiger partial charge in [-0.3, -0.25) is 9.78 Å². The van der Waals surface area contributed by atoms with Gasteiger partial charge in [0, 0.05) is 4.47 Å². The Morgan fingerprint density at radius 1 is 1.26 bits per heavy atom. The zero-order chi connectivity index (χ0) is 13.6. The molecule has 0 bridgehead atoms. The molecule has 6 nitrogen and oxygen atoms in total. The number of nitrogen functional groups attached to an aromatic ring is 1. The molecule has 0 amide bonds.